The maximum atomic E-state index is 12.7. The zero-order valence-electron chi connectivity index (χ0n) is 13.9. The second-order valence-electron chi connectivity index (χ2n) is 5.85. The van der Waals surface area contributed by atoms with E-state index in [4.69, 9.17) is 27.6 Å². The summed E-state index contributed by atoms with van der Waals surface area (Å²) >= 11 is 15.1. The van der Waals surface area contributed by atoms with Gasteiger partial charge in [0.2, 0.25) is 4.96 Å². The van der Waals surface area contributed by atoms with Gasteiger partial charge in [0.15, 0.2) is 5.82 Å². The number of hydrogen-bond acceptors (Lipinski definition) is 6. The molecule has 0 unspecified atom stereocenters. The molecule has 28 heavy (non-hydrogen) atoms. The normalized spacial score (nSPS) is 12.3. The molecule has 0 N–H and O–H groups in total. The first kappa shape index (κ1) is 17.6. The monoisotopic (exact) mass is 445 g/mol. The lowest BCUT2D eigenvalue weighted by Gasteiger charge is -2.00. The maximum Gasteiger partial charge on any atom is 0.291 e. The highest BCUT2D eigenvalue weighted by Gasteiger charge is 2.13. The third-order valence-electron chi connectivity index (χ3n) is 4.02. The number of nitrogens with zero attached hydrogens (tertiary/aromatic N) is 3. The maximum absolute atomic E-state index is 12.7. The van der Waals surface area contributed by atoms with Gasteiger partial charge in [0.1, 0.15) is 16.1 Å². The molecular weight excluding hydrogens is 437 g/mol. The van der Waals surface area contributed by atoms with Crippen molar-refractivity contribution in [1.29, 1.82) is 0 Å². The summed E-state index contributed by atoms with van der Waals surface area (Å²) in [5, 5.41) is 7.37. The number of thiophene rings is 1. The number of aromatic nitrogens is 3. The highest BCUT2D eigenvalue weighted by molar-refractivity contribution is 7.15. The largest absolute Gasteiger partial charge is 0.457 e. The third kappa shape index (κ3) is 3.06. The minimum absolute atomic E-state index is 0.228. The molecule has 5 rings (SSSR count). The van der Waals surface area contributed by atoms with Crippen LogP contribution in [0.5, 0.6) is 0 Å². The zero-order valence-corrected chi connectivity index (χ0v) is 17.1. The Morgan fingerprint density at radius 2 is 2.04 bits per heavy atom. The molecule has 4 heterocycles. The predicted molar refractivity (Wildman–Crippen MR) is 113 cm³/mol. The van der Waals surface area contributed by atoms with Crippen molar-refractivity contribution >= 4 is 56.9 Å². The summed E-state index contributed by atoms with van der Waals surface area (Å²) in [5.41, 5.74) is 0.466. The van der Waals surface area contributed by atoms with Crippen molar-refractivity contribution in [1.82, 2.24) is 14.6 Å². The van der Waals surface area contributed by atoms with Crippen LogP contribution in [-0.2, 0) is 0 Å². The lowest BCUT2D eigenvalue weighted by atomic mass is 10.2. The van der Waals surface area contributed by atoms with E-state index in [9.17, 15) is 4.79 Å². The average Bonchev–Trinajstić information content (AvgIpc) is 3.45. The van der Waals surface area contributed by atoms with Gasteiger partial charge < -0.3 is 4.42 Å². The SMILES string of the molecule is O=c1c(=Cc2ccc(-c3cc(Cl)ccc3Cl)o2)sc2nc(-c3cccs3)nn12. The summed E-state index contributed by atoms with van der Waals surface area (Å²) in [6.07, 6.45) is 1.68. The molecule has 5 aromatic rings. The Kier molecular flexibility index (Phi) is 4.32. The van der Waals surface area contributed by atoms with Gasteiger partial charge in [-0.15, -0.1) is 16.4 Å². The quantitative estimate of drug-likeness (QED) is 0.392. The molecule has 0 amide bonds. The van der Waals surface area contributed by atoms with Crippen LogP contribution in [0.4, 0.5) is 0 Å². The first-order chi connectivity index (χ1) is 13.6. The summed E-state index contributed by atoms with van der Waals surface area (Å²) in [7, 11) is 0. The number of thiazole rings is 1. The summed E-state index contributed by atoms with van der Waals surface area (Å²) < 4.78 is 7.65. The van der Waals surface area contributed by atoms with E-state index in [1.165, 1.54) is 27.2 Å². The topological polar surface area (TPSA) is 60.4 Å². The lowest BCUT2D eigenvalue weighted by molar-refractivity contribution is 0.571. The fourth-order valence-electron chi connectivity index (χ4n) is 2.73. The highest BCUT2D eigenvalue weighted by Crippen LogP contribution is 2.32. The van der Waals surface area contributed by atoms with E-state index in [2.05, 4.69) is 10.1 Å². The van der Waals surface area contributed by atoms with Crippen LogP contribution in [0.3, 0.4) is 0 Å². The van der Waals surface area contributed by atoms with E-state index < -0.39 is 0 Å². The number of rotatable bonds is 3. The van der Waals surface area contributed by atoms with Gasteiger partial charge in [-0.05, 0) is 41.8 Å². The van der Waals surface area contributed by atoms with Crippen LogP contribution in [-0.4, -0.2) is 14.6 Å². The molecule has 4 aromatic heterocycles. The summed E-state index contributed by atoms with van der Waals surface area (Å²) in [5.74, 6) is 1.66. The standard InChI is InChI=1S/C19H9Cl2N3O2S2/c20-10-3-5-13(21)12(8-10)14-6-4-11(26-14)9-16-18(25)24-19(28-16)22-17(23-24)15-2-1-7-27-15/h1-9H. The Hall–Kier alpha value is -2.45. The van der Waals surface area contributed by atoms with Crippen LogP contribution in [0, 0.1) is 0 Å². The molecule has 0 bridgehead atoms. The minimum Gasteiger partial charge on any atom is -0.457 e. The van der Waals surface area contributed by atoms with Gasteiger partial charge in [-0.2, -0.15) is 9.50 Å². The number of furan rings is 1. The Labute approximate surface area is 176 Å². The van der Waals surface area contributed by atoms with Gasteiger partial charge in [-0.3, -0.25) is 4.79 Å². The fraction of sp³-hybridized carbons (Fsp3) is 0. The molecule has 0 aliphatic rings. The van der Waals surface area contributed by atoms with Crippen molar-refractivity contribution in [3.8, 4) is 22.0 Å². The Morgan fingerprint density at radius 3 is 2.82 bits per heavy atom. The van der Waals surface area contributed by atoms with Crippen LogP contribution < -0.4 is 10.1 Å². The van der Waals surface area contributed by atoms with E-state index in [0.29, 0.717) is 42.4 Å². The van der Waals surface area contributed by atoms with Crippen molar-refractivity contribution in [3.05, 3.63) is 78.5 Å². The molecule has 9 heteroatoms. The van der Waals surface area contributed by atoms with E-state index in [1.807, 2.05) is 17.5 Å². The van der Waals surface area contributed by atoms with Gasteiger partial charge in [0.05, 0.1) is 9.90 Å². The van der Waals surface area contributed by atoms with Crippen LogP contribution >= 0.6 is 45.9 Å². The van der Waals surface area contributed by atoms with E-state index in [-0.39, 0.29) is 5.56 Å². The minimum atomic E-state index is -0.228. The van der Waals surface area contributed by atoms with Crippen molar-refractivity contribution in [2.24, 2.45) is 0 Å². The number of hydrogen-bond donors (Lipinski definition) is 0. The van der Waals surface area contributed by atoms with Gasteiger partial charge >= 0.3 is 0 Å². The van der Waals surface area contributed by atoms with Crippen LogP contribution in [0.1, 0.15) is 5.76 Å². The molecule has 0 aliphatic heterocycles. The molecule has 0 radical (unpaired) electrons. The second kappa shape index (κ2) is 6.86. The molecular formula is C19H9Cl2N3O2S2. The molecule has 0 atom stereocenters. The third-order valence-corrected chi connectivity index (χ3v) is 6.41. The molecule has 0 aliphatic carbocycles. The molecule has 0 saturated heterocycles. The zero-order chi connectivity index (χ0) is 19.3. The fourth-order valence-corrected chi connectivity index (χ4v) is 4.66. The van der Waals surface area contributed by atoms with Crippen LogP contribution in [0.15, 0.2) is 57.1 Å². The Balaban J connectivity index is 1.55. The Bertz CT molecular complexity index is 1420. The lowest BCUT2D eigenvalue weighted by Crippen LogP contribution is -2.23. The summed E-state index contributed by atoms with van der Waals surface area (Å²) in [6, 6.07) is 12.6. The average molecular weight is 446 g/mol. The molecule has 5 nitrogen and oxygen atoms in total. The van der Waals surface area contributed by atoms with Gasteiger partial charge in [-0.25, -0.2) is 0 Å². The molecule has 1 aromatic carbocycles. The van der Waals surface area contributed by atoms with Gasteiger partial charge in [0, 0.05) is 16.7 Å². The van der Waals surface area contributed by atoms with E-state index in [0.717, 1.165) is 4.88 Å². The number of fused-ring (bicyclic) bond motifs is 1. The number of halogens is 2. The smallest absolute Gasteiger partial charge is 0.291 e. The first-order valence-corrected chi connectivity index (χ1v) is 10.5. The van der Waals surface area contributed by atoms with Gasteiger partial charge in [-0.1, -0.05) is 40.6 Å². The molecule has 0 fully saturated rings. The number of benzene rings is 1. The highest BCUT2D eigenvalue weighted by atomic mass is 35.5. The summed E-state index contributed by atoms with van der Waals surface area (Å²) in [6.45, 7) is 0. The molecule has 0 spiro atoms. The first-order valence-electron chi connectivity index (χ1n) is 8.09. The van der Waals surface area contributed by atoms with Crippen molar-refractivity contribution in [3.63, 3.8) is 0 Å². The Morgan fingerprint density at radius 1 is 1.14 bits per heavy atom. The van der Waals surface area contributed by atoms with Crippen LogP contribution in [0.25, 0.3) is 33.1 Å². The molecule has 0 saturated carbocycles. The van der Waals surface area contributed by atoms with E-state index in [1.54, 1.807) is 36.4 Å². The summed E-state index contributed by atoms with van der Waals surface area (Å²) in [4.78, 5) is 18.6. The van der Waals surface area contributed by atoms with Gasteiger partial charge in [0.25, 0.3) is 5.56 Å². The van der Waals surface area contributed by atoms with E-state index >= 15 is 0 Å². The predicted octanol–water partition coefficient (Wildman–Crippen LogP) is 4.99. The second-order valence-corrected chi connectivity index (χ2v) is 8.65. The van der Waals surface area contributed by atoms with Crippen molar-refractivity contribution < 1.29 is 4.42 Å². The van der Waals surface area contributed by atoms with Crippen molar-refractivity contribution in [2.45, 2.75) is 0 Å². The van der Waals surface area contributed by atoms with Crippen LogP contribution in [0.2, 0.25) is 10.0 Å². The molecule has 138 valence electrons. The van der Waals surface area contributed by atoms with Crippen molar-refractivity contribution in [2.75, 3.05) is 0 Å².